The van der Waals surface area contributed by atoms with E-state index < -0.39 is 0 Å². The van der Waals surface area contributed by atoms with Crippen molar-refractivity contribution in [2.45, 2.75) is 10.1 Å². The van der Waals surface area contributed by atoms with Crippen molar-refractivity contribution >= 4 is 17.5 Å². The molecule has 130 valence electrons. The summed E-state index contributed by atoms with van der Waals surface area (Å²) in [4.78, 5) is 19.2. The first-order valence-electron chi connectivity index (χ1n) is 8.98. The van der Waals surface area contributed by atoms with Crippen molar-refractivity contribution in [3.8, 4) is 0 Å². The van der Waals surface area contributed by atoms with Crippen molar-refractivity contribution in [1.29, 1.82) is 0 Å². The Balaban J connectivity index is 1.64. The van der Waals surface area contributed by atoms with Crippen LogP contribution in [0.1, 0.15) is 21.2 Å². The topological polar surface area (TPSA) is 23.6 Å². The SMILES string of the molecule is CN1CCN(CC2C(=O)c3ccccc3SC2c2ccccc2)CC1. The van der Waals surface area contributed by atoms with E-state index in [4.69, 9.17) is 0 Å². The highest BCUT2D eigenvalue weighted by Gasteiger charge is 2.38. The number of hydrogen-bond donors (Lipinski definition) is 0. The Bertz CT molecular complexity index is 741. The molecular weight excluding hydrogens is 328 g/mol. The number of piperazine rings is 1. The van der Waals surface area contributed by atoms with E-state index in [1.807, 2.05) is 36.0 Å². The number of thioether (sulfide) groups is 1. The number of rotatable bonds is 3. The van der Waals surface area contributed by atoms with Gasteiger partial charge in [-0.25, -0.2) is 0 Å². The Morgan fingerprint density at radius 2 is 1.64 bits per heavy atom. The molecule has 0 aliphatic carbocycles. The zero-order chi connectivity index (χ0) is 17.2. The van der Waals surface area contributed by atoms with Crippen LogP contribution in [0.25, 0.3) is 0 Å². The molecule has 25 heavy (non-hydrogen) atoms. The average molecular weight is 353 g/mol. The number of benzene rings is 2. The molecule has 2 aliphatic rings. The standard InChI is InChI=1S/C21H24N2OS/c1-22-11-13-23(14-12-22)15-18-20(24)17-9-5-6-10-19(17)25-21(18)16-7-3-2-4-8-16/h2-10,18,21H,11-15H2,1H3. The second kappa shape index (κ2) is 7.32. The van der Waals surface area contributed by atoms with Crippen molar-refractivity contribution in [2.75, 3.05) is 39.8 Å². The highest BCUT2D eigenvalue weighted by atomic mass is 32.2. The van der Waals surface area contributed by atoms with Crippen LogP contribution in [0.2, 0.25) is 0 Å². The summed E-state index contributed by atoms with van der Waals surface area (Å²) in [7, 11) is 2.17. The fraction of sp³-hybridized carbons (Fsp3) is 0.381. The maximum Gasteiger partial charge on any atom is 0.169 e. The first kappa shape index (κ1) is 16.8. The predicted octanol–water partition coefficient (Wildman–Crippen LogP) is 3.58. The number of carbonyl (C=O) groups is 1. The van der Waals surface area contributed by atoms with Gasteiger partial charge in [0, 0.05) is 48.4 Å². The lowest BCUT2D eigenvalue weighted by molar-refractivity contribution is 0.0824. The van der Waals surface area contributed by atoms with E-state index in [-0.39, 0.29) is 11.2 Å². The number of likely N-dealkylation sites (N-methyl/N-ethyl adjacent to an activating group) is 1. The van der Waals surface area contributed by atoms with Gasteiger partial charge in [-0.1, -0.05) is 48.5 Å². The van der Waals surface area contributed by atoms with Crippen LogP contribution in [-0.4, -0.2) is 55.4 Å². The number of ketones is 1. The van der Waals surface area contributed by atoms with Crippen LogP contribution in [0.3, 0.4) is 0 Å². The van der Waals surface area contributed by atoms with E-state index in [0.717, 1.165) is 43.2 Å². The number of Topliss-reactive ketones (excluding diaryl/α,β-unsaturated/α-hetero) is 1. The van der Waals surface area contributed by atoms with Gasteiger partial charge in [0.15, 0.2) is 5.78 Å². The molecule has 4 rings (SSSR count). The average Bonchev–Trinajstić information content (AvgIpc) is 2.66. The molecule has 3 nitrogen and oxygen atoms in total. The third-order valence-corrected chi connectivity index (χ3v) is 6.75. The molecule has 2 aromatic rings. The van der Waals surface area contributed by atoms with Gasteiger partial charge in [0.1, 0.15) is 0 Å². The molecule has 0 saturated carbocycles. The van der Waals surface area contributed by atoms with Crippen LogP contribution in [0.5, 0.6) is 0 Å². The van der Waals surface area contributed by atoms with Crippen LogP contribution in [0.15, 0.2) is 59.5 Å². The summed E-state index contributed by atoms with van der Waals surface area (Å²) >= 11 is 1.85. The minimum Gasteiger partial charge on any atom is -0.304 e. The van der Waals surface area contributed by atoms with Crippen LogP contribution < -0.4 is 0 Å². The quantitative estimate of drug-likeness (QED) is 0.842. The molecule has 2 unspecified atom stereocenters. The van der Waals surface area contributed by atoms with Crippen LogP contribution >= 0.6 is 11.8 Å². The molecule has 0 N–H and O–H groups in total. The van der Waals surface area contributed by atoms with Crippen LogP contribution in [-0.2, 0) is 0 Å². The van der Waals surface area contributed by atoms with Crippen molar-refractivity contribution in [1.82, 2.24) is 9.80 Å². The minimum absolute atomic E-state index is 0.0192. The van der Waals surface area contributed by atoms with Crippen molar-refractivity contribution in [3.63, 3.8) is 0 Å². The lowest BCUT2D eigenvalue weighted by Gasteiger charge is -2.38. The van der Waals surface area contributed by atoms with E-state index in [1.54, 1.807) is 0 Å². The molecule has 0 bridgehead atoms. The number of hydrogen-bond acceptors (Lipinski definition) is 4. The lowest BCUT2D eigenvalue weighted by Crippen LogP contribution is -2.48. The van der Waals surface area contributed by atoms with Crippen molar-refractivity contribution in [3.05, 3.63) is 65.7 Å². The van der Waals surface area contributed by atoms with Gasteiger partial charge in [0.2, 0.25) is 0 Å². The molecule has 2 aliphatic heterocycles. The van der Waals surface area contributed by atoms with Gasteiger partial charge >= 0.3 is 0 Å². The predicted molar refractivity (Wildman–Crippen MR) is 103 cm³/mol. The van der Waals surface area contributed by atoms with Gasteiger partial charge in [-0.15, -0.1) is 11.8 Å². The van der Waals surface area contributed by atoms with Crippen molar-refractivity contribution < 1.29 is 4.79 Å². The summed E-state index contributed by atoms with van der Waals surface area (Å²) in [6.07, 6.45) is 0. The highest BCUT2D eigenvalue weighted by molar-refractivity contribution is 7.99. The Morgan fingerprint density at radius 3 is 2.40 bits per heavy atom. The molecule has 4 heteroatoms. The molecule has 0 aromatic heterocycles. The third kappa shape index (κ3) is 3.52. The van der Waals surface area contributed by atoms with Gasteiger partial charge in [-0.2, -0.15) is 0 Å². The molecule has 0 amide bonds. The summed E-state index contributed by atoms with van der Waals surface area (Å²) in [6, 6.07) is 18.6. The first-order chi connectivity index (χ1) is 12.2. The number of nitrogens with zero attached hydrogens (tertiary/aromatic N) is 2. The van der Waals surface area contributed by atoms with Crippen LogP contribution in [0.4, 0.5) is 0 Å². The Kier molecular flexibility index (Phi) is 4.93. The Morgan fingerprint density at radius 1 is 0.960 bits per heavy atom. The summed E-state index contributed by atoms with van der Waals surface area (Å²) in [5, 5.41) is 0.197. The van der Waals surface area contributed by atoms with E-state index in [2.05, 4.69) is 47.2 Å². The molecule has 1 saturated heterocycles. The zero-order valence-electron chi connectivity index (χ0n) is 14.6. The summed E-state index contributed by atoms with van der Waals surface area (Å²) < 4.78 is 0. The van der Waals surface area contributed by atoms with E-state index in [1.165, 1.54) is 5.56 Å². The van der Waals surface area contributed by atoms with E-state index in [9.17, 15) is 4.79 Å². The maximum atomic E-state index is 13.3. The molecule has 1 fully saturated rings. The van der Waals surface area contributed by atoms with Gasteiger partial charge in [0.05, 0.1) is 5.92 Å². The van der Waals surface area contributed by atoms with E-state index in [0.29, 0.717) is 5.78 Å². The first-order valence-corrected chi connectivity index (χ1v) is 9.86. The van der Waals surface area contributed by atoms with Crippen molar-refractivity contribution in [2.24, 2.45) is 5.92 Å². The monoisotopic (exact) mass is 352 g/mol. The molecule has 0 radical (unpaired) electrons. The Hall–Kier alpha value is -1.62. The normalized spacial score (nSPS) is 24.9. The highest BCUT2D eigenvalue weighted by Crippen LogP contribution is 2.48. The number of fused-ring (bicyclic) bond motifs is 1. The molecule has 0 spiro atoms. The second-order valence-corrected chi connectivity index (χ2v) is 8.20. The van der Waals surface area contributed by atoms with E-state index >= 15 is 0 Å². The lowest BCUT2D eigenvalue weighted by atomic mass is 9.89. The number of carbonyl (C=O) groups excluding carboxylic acids is 1. The van der Waals surface area contributed by atoms with Gasteiger partial charge in [0.25, 0.3) is 0 Å². The fourth-order valence-electron chi connectivity index (χ4n) is 3.76. The molecule has 2 aromatic carbocycles. The second-order valence-electron chi connectivity index (χ2n) is 7.02. The minimum atomic E-state index is 0.0192. The van der Waals surface area contributed by atoms with Gasteiger partial charge < -0.3 is 9.80 Å². The van der Waals surface area contributed by atoms with Crippen LogP contribution in [0, 0.1) is 5.92 Å². The summed E-state index contributed by atoms with van der Waals surface area (Å²) in [5.41, 5.74) is 2.16. The van der Waals surface area contributed by atoms with Gasteiger partial charge in [-0.3, -0.25) is 4.79 Å². The van der Waals surface area contributed by atoms with Gasteiger partial charge in [-0.05, 0) is 18.7 Å². The maximum absolute atomic E-state index is 13.3. The smallest absolute Gasteiger partial charge is 0.169 e. The summed E-state index contributed by atoms with van der Waals surface area (Å²) in [6.45, 7) is 5.12. The molecule has 2 atom stereocenters. The largest absolute Gasteiger partial charge is 0.304 e. The fourth-order valence-corrected chi connectivity index (χ4v) is 5.15. The molecule has 2 heterocycles. The summed E-state index contributed by atoms with van der Waals surface area (Å²) in [5.74, 6) is 0.327. The Labute approximate surface area is 154 Å². The zero-order valence-corrected chi connectivity index (χ0v) is 15.4. The molecular formula is C21H24N2OS. The third-order valence-electron chi connectivity index (χ3n) is 5.29.